The highest BCUT2D eigenvalue weighted by Crippen LogP contribution is 2.42. The normalized spacial score (nSPS) is 17.6. The fraction of sp³-hybridized carbons (Fsp3) is 0.571. The van der Waals surface area contributed by atoms with Gasteiger partial charge in [0.1, 0.15) is 4.90 Å². The average molecular weight is 201 g/mol. The maximum absolute atomic E-state index is 11.3. The number of nitrogens with one attached hydrogen (secondary N) is 1. The zero-order valence-electron chi connectivity index (χ0n) is 7.24. The third-order valence-corrected chi connectivity index (χ3v) is 3.30. The maximum Gasteiger partial charge on any atom is 0.181 e. The number of aromatic nitrogens is 2. The highest BCUT2D eigenvalue weighted by Gasteiger charge is 2.32. The molecule has 13 heavy (non-hydrogen) atoms. The summed E-state index contributed by atoms with van der Waals surface area (Å²) in [5, 5.41) is 6.41. The smallest absolute Gasteiger partial charge is 0.181 e. The minimum absolute atomic E-state index is 0.0874. The lowest BCUT2D eigenvalue weighted by Crippen LogP contribution is -2.02. The Bertz CT molecular complexity index is 431. The molecule has 6 heteroatoms. The second-order valence-electron chi connectivity index (χ2n) is 3.40. The van der Waals surface area contributed by atoms with Gasteiger partial charge in [0.2, 0.25) is 0 Å². The van der Waals surface area contributed by atoms with E-state index >= 15 is 0 Å². The van der Waals surface area contributed by atoms with E-state index in [1.807, 2.05) is 0 Å². The summed E-state index contributed by atoms with van der Waals surface area (Å²) in [4.78, 5) is 0.190. The van der Waals surface area contributed by atoms with Gasteiger partial charge in [0.25, 0.3) is 0 Å². The molecule has 3 N–H and O–H groups in total. The topological polar surface area (TPSA) is 88.8 Å². The molecule has 0 saturated heterocycles. The van der Waals surface area contributed by atoms with Crippen molar-refractivity contribution in [3.63, 3.8) is 0 Å². The Morgan fingerprint density at radius 1 is 1.54 bits per heavy atom. The molecular weight excluding hydrogens is 190 g/mol. The van der Waals surface area contributed by atoms with E-state index in [1.54, 1.807) is 0 Å². The summed E-state index contributed by atoms with van der Waals surface area (Å²) in [5.41, 5.74) is 6.15. The van der Waals surface area contributed by atoms with Crippen molar-refractivity contribution >= 4 is 15.7 Å². The van der Waals surface area contributed by atoms with E-state index in [0.717, 1.165) is 19.1 Å². The molecule has 1 aromatic heterocycles. The summed E-state index contributed by atoms with van der Waals surface area (Å²) in [5.74, 6) is 0.402. The molecule has 1 fully saturated rings. The number of sulfone groups is 1. The number of nitrogens with zero attached hydrogens (tertiary/aromatic N) is 1. The third kappa shape index (κ3) is 1.41. The van der Waals surface area contributed by atoms with E-state index in [2.05, 4.69) is 10.2 Å². The lowest BCUT2D eigenvalue weighted by atomic mass is 10.3. The van der Waals surface area contributed by atoms with Crippen molar-refractivity contribution in [2.24, 2.45) is 0 Å². The predicted molar refractivity (Wildman–Crippen MR) is 48.1 cm³/mol. The molecule has 0 radical (unpaired) electrons. The van der Waals surface area contributed by atoms with E-state index < -0.39 is 9.84 Å². The Morgan fingerprint density at radius 3 is 2.62 bits per heavy atom. The molecular formula is C7H11N3O2S. The highest BCUT2D eigenvalue weighted by atomic mass is 32.2. The average Bonchev–Trinajstić information content (AvgIpc) is 2.73. The van der Waals surface area contributed by atoms with E-state index in [9.17, 15) is 8.42 Å². The highest BCUT2D eigenvalue weighted by molar-refractivity contribution is 7.91. The van der Waals surface area contributed by atoms with Crippen LogP contribution >= 0.6 is 0 Å². The first-order valence-corrected chi connectivity index (χ1v) is 5.93. The Balaban J connectivity index is 2.59. The first-order valence-electron chi connectivity index (χ1n) is 4.04. The molecule has 2 rings (SSSR count). The number of rotatable bonds is 2. The van der Waals surface area contributed by atoms with Crippen LogP contribution in [-0.2, 0) is 9.84 Å². The van der Waals surface area contributed by atoms with Gasteiger partial charge in [-0.2, -0.15) is 5.10 Å². The third-order valence-electron chi connectivity index (χ3n) is 2.13. The van der Waals surface area contributed by atoms with Crippen LogP contribution in [0.25, 0.3) is 0 Å². The zero-order chi connectivity index (χ0) is 9.64. The molecule has 0 aliphatic heterocycles. The molecule has 0 unspecified atom stereocenters. The summed E-state index contributed by atoms with van der Waals surface area (Å²) in [6, 6.07) is 0. The monoisotopic (exact) mass is 201 g/mol. The fourth-order valence-electron chi connectivity index (χ4n) is 1.40. The van der Waals surface area contributed by atoms with Gasteiger partial charge in [-0.3, -0.25) is 5.10 Å². The molecule has 1 aliphatic rings. The van der Waals surface area contributed by atoms with Crippen molar-refractivity contribution in [1.82, 2.24) is 10.2 Å². The lowest BCUT2D eigenvalue weighted by molar-refractivity contribution is 0.601. The van der Waals surface area contributed by atoms with Crippen molar-refractivity contribution in [3.8, 4) is 0 Å². The standard InChI is InChI=1S/C7H11N3O2S/c1-13(11,12)6-5(4-2-3-4)9-10-7(6)8/h4H,2-3H2,1H3,(H3,8,9,10). The van der Waals surface area contributed by atoms with E-state index in [4.69, 9.17) is 5.73 Å². The quantitative estimate of drug-likeness (QED) is 0.719. The maximum atomic E-state index is 11.3. The minimum Gasteiger partial charge on any atom is -0.381 e. The van der Waals surface area contributed by atoms with Gasteiger partial charge in [-0.15, -0.1) is 0 Å². The van der Waals surface area contributed by atoms with E-state index in [-0.39, 0.29) is 10.7 Å². The van der Waals surface area contributed by atoms with Crippen LogP contribution in [0, 0.1) is 0 Å². The van der Waals surface area contributed by atoms with E-state index in [1.165, 1.54) is 0 Å². The summed E-state index contributed by atoms with van der Waals surface area (Å²) in [7, 11) is -3.24. The molecule has 0 bridgehead atoms. The zero-order valence-corrected chi connectivity index (χ0v) is 8.06. The van der Waals surface area contributed by atoms with Gasteiger partial charge in [-0.05, 0) is 12.8 Å². The van der Waals surface area contributed by atoms with Gasteiger partial charge >= 0.3 is 0 Å². The lowest BCUT2D eigenvalue weighted by Gasteiger charge is -1.98. The van der Waals surface area contributed by atoms with Gasteiger partial charge in [0.15, 0.2) is 15.7 Å². The number of nitrogen functional groups attached to an aromatic ring is 1. The molecule has 1 heterocycles. The number of anilines is 1. The molecule has 0 atom stereocenters. The molecule has 1 aliphatic carbocycles. The SMILES string of the molecule is CS(=O)(=O)c1c(N)n[nH]c1C1CC1. The summed E-state index contributed by atoms with van der Waals surface area (Å²) >= 11 is 0. The molecule has 0 spiro atoms. The molecule has 72 valence electrons. The van der Waals surface area contributed by atoms with Gasteiger partial charge < -0.3 is 5.73 Å². The largest absolute Gasteiger partial charge is 0.381 e. The number of hydrogen-bond donors (Lipinski definition) is 2. The Labute approximate surface area is 76.2 Å². The van der Waals surface area contributed by atoms with Crippen LogP contribution in [-0.4, -0.2) is 24.9 Å². The number of aromatic amines is 1. The first kappa shape index (κ1) is 8.55. The molecule has 0 amide bonds. The van der Waals surface area contributed by atoms with Crippen LogP contribution in [0.1, 0.15) is 24.5 Å². The van der Waals surface area contributed by atoms with Crippen LogP contribution in [0.2, 0.25) is 0 Å². The summed E-state index contributed by atoms with van der Waals surface area (Å²) < 4.78 is 22.7. The van der Waals surface area contributed by atoms with Crippen LogP contribution < -0.4 is 5.73 Å². The van der Waals surface area contributed by atoms with Crippen LogP contribution in [0.4, 0.5) is 5.82 Å². The van der Waals surface area contributed by atoms with Gasteiger partial charge in [-0.25, -0.2) is 8.42 Å². The Hall–Kier alpha value is -1.04. The van der Waals surface area contributed by atoms with Gasteiger partial charge in [0, 0.05) is 12.2 Å². The van der Waals surface area contributed by atoms with Crippen molar-refractivity contribution in [2.75, 3.05) is 12.0 Å². The predicted octanol–water partition coefficient (Wildman–Crippen LogP) is 0.273. The van der Waals surface area contributed by atoms with Crippen molar-refractivity contribution in [1.29, 1.82) is 0 Å². The molecule has 1 saturated carbocycles. The number of H-pyrrole nitrogens is 1. The van der Waals surface area contributed by atoms with Gasteiger partial charge in [0.05, 0.1) is 5.69 Å². The second kappa shape index (κ2) is 2.47. The number of hydrogen-bond acceptors (Lipinski definition) is 4. The van der Waals surface area contributed by atoms with Crippen LogP contribution in [0.3, 0.4) is 0 Å². The van der Waals surface area contributed by atoms with Crippen molar-refractivity contribution in [2.45, 2.75) is 23.7 Å². The van der Waals surface area contributed by atoms with Gasteiger partial charge in [-0.1, -0.05) is 0 Å². The molecule has 5 nitrogen and oxygen atoms in total. The van der Waals surface area contributed by atoms with Crippen molar-refractivity contribution in [3.05, 3.63) is 5.69 Å². The molecule has 1 aromatic rings. The van der Waals surface area contributed by atoms with Crippen LogP contribution in [0.15, 0.2) is 4.90 Å². The fourth-order valence-corrected chi connectivity index (χ4v) is 2.44. The van der Waals surface area contributed by atoms with Crippen LogP contribution in [0.5, 0.6) is 0 Å². The van der Waals surface area contributed by atoms with Crippen molar-refractivity contribution < 1.29 is 8.42 Å². The Kier molecular flexibility index (Phi) is 1.63. The minimum atomic E-state index is -3.24. The summed E-state index contributed by atoms with van der Waals surface area (Å²) in [6.07, 6.45) is 3.19. The second-order valence-corrected chi connectivity index (χ2v) is 5.35. The summed E-state index contributed by atoms with van der Waals surface area (Å²) in [6.45, 7) is 0. The number of nitrogens with two attached hydrogens (primary N) is 1. The Morgan fingerprint density at radius 2 is 2.15 bits per heavy atom. The first-order chi connectivity index (χ1) is 6.00. The molecule has 0 aromatic carbocycles. The van der Waals surface area contributed by atoms with E-state index in [0.29, 0.717) is 11.6 Å².